The first-order chi connectivity index (χ1) is 10.1. The first kappa shape index (κ1) is 13.8. The molecule has 104 valence electrons. The highest BCUT2D eigenvalue weighted by Crippen LogP contribution is 2.26. The number of hydrogen-bond donors (Lipinski definition) is 1. The predicted octanol–water partition coefficient (Wildman–Crippen LogP) is 3.75. The van der Waals surface area contributed by atoms with Gasteiger partial charge in [0, 0.05) is 28.2 Å². The Hall–Kier alpha value is -2.20. The van der Waals surface area contributed by atoms with E-state index in [0.29, 0.717) is 17.7 Å². The third-order valence-electron chi connectivity index (χ3n) is 3.29. The van der Waals surface area contributed by atoms with E-state index < -0.39 is 0 Å². The zero-order valence-corrected chi connectivity index (χ0v) is 12.7. The molecule has 3 nitrogen and oxygen atoms in total. The SMILES string of the molecule is O=C1C=C(C(=O)c2ccccc2)Nc2cc(Br)ccc2C1. The lowest BCUT2D eigenvalue weighted by Crippen LogP contribution is -2.12. The molecule has 0 saturated carbocycles. The van der Waals surface area contributed by atoms with Crippen molar-refractivity contribution in [2.24, 2.45) is 0 Å². The zero-order chi connectivity index (χ0) is 14.8. The number of nitrogens with one attached hydrogen (secondary N) is 1. The van der Waals surface area contributed by atoms with Crippen LogP contribution in [0.1, 0.15) is 15.9 Å². The number of rotatable bonds is 2. The van der Waals surface area contributed by atoms with Crippen molar-refractivity contribution < 1.29 is 9.59 Å². The molecule has 2 aromatic carbocycles. The maximum Gasteiger partial charge on any atom is 0.209 e. The molecular weight excluding hydrogens is 330 g/mol. The highest BCUT2D eigenvalue weighted by Gasteiger charge is 2.19. The number of carbonyl (C=O) groups is 2. The standard InChI is InChI=1S/C17H12BrNO2/c18-13-7-6-12-8-14(20)10-16(19-15(12)9-13)17(21)11-4-2-1-3-5-11/h1-7,9-10,19H,8H2. The molecule has 3 rings (SSSR count). The molecule has 1 aliphatic heterocycles. The van der Waals surface area contributed by atoms with Gasteiger partial charge in [0.05, 0.1) is 5.70 Å². The molecule has 1 heterocycles. The van der Waals surface area contributed by atoms with Crippen molar-refractivity contribution >= 4 is 33.2 Å². The van der Waals surface area contributed by atoms with Gasteiger partial charge < -0.3 is 5.32 Å². The molecule has 1 aliphatic rings. The monoisotopic (exact) mass is 341 g/mol. The minimum absolute atomic E-state index is 0.0807. The van der Waals surface area contributed by atoms with Crippen LogP contribution < -0.4 is 5.32 Å². The van der Waals surface area contributed by atoms with Crippen molar-refractivity contribution in [1.82, 2.24) is 0 Å². The lowest BCUT2D eigenvalue weighted by atomic mass is 10.1. The molecule has 2 aromatic rings. The largest absolute Gasteiger partial charge is 0.352 e. The van der Waals surface area contributed by atoms with Crippen LogP contribution in [0, 0.1) is 0 Å². The van der Waals surface area contributed by atoms with Crippen LogP contribution in [0.3, 0.4) is 0 Å². The Balaban J connectivity index is 1.99. The van der Waals surface area contributed by atoms with E-state index >= 15 is 0 Å². The van der Waals surface area contributed by atoms with Crippen molar-refractivity contribution in [3.63, 3.8) is 0 Å². The highest BCUT2D eigenvalue weighted by molar-refractivity contribution is 9.10. The summed E-state index contributed by atoms with van der Waals surface area (Å²) in [6.07, 6.45) is 1.68. The molecule has 0 atom stereocenters. The Morgan fingerprint density at radius 3 is 2.62 bits per heavy atom. The predicted molar refractivity (Wildman–Crippen MR) is 85.3 cm³/mol. The molecule has 0 aromatic heterocycles. The summed E-state index contributed by atoms with van der Waals surface area (Å²) in [5.74, 6) is -0.264. The normalized spacial score (nSPS) is 13.8. The Bertz CT molecular complexity index is 751. The summed E-state index contributed by atoms with van der Waals surface area (Å²) in [5.41, 5.74) is 2.53. The second kappa shape index (κ2) is 5.66. The molecule has 0 aliphatic carbocycles. The number of ketones is 2. The lowest BCUT2D eigenvalue weighted by Gasteiger charge is -2.11. The summed E-state index contributed by atoms with van der Waals surface area (Å²) < 4.78 is 0.898. The van der Waals surface area contributed by atoms with E-state index in [4.69, 9.17) is 0 Å². The minimum atomic E-state index is -0.184. The smallest absolute Gasteiger partial charge is 0.209 e. The van der Waals surface area contributed by atoms with Crippen LogP contribution in [0.15, 0.2) is 64.8 Å². The maximum atomic E-state index is 12.5. The van der Waals surface area contributed by atoms with Gasteiger partial charge >= 0.3 is 0 Å². The van der Waals surface area contributed by atoms with Gasteiger partial charge in [0.15, 0.2) is 5.78 Å². The van der Waals surface area contributed by atoms with Crippen LogP contribution in [0.25, 0.3) is 0 Å². The number of hydrogen-bond acceptors (Lipinski definition) is 3. The summed E-state index contributed by atoms with van der Waals surface area (Å²) in [5, 5.41) is 3.09. The van der Waals surface area contributed by atoms with E-state index in [9.17, 15) is 9.59 Å². The fourth-order valence-corrected chi connectivity index (χ4v) is 2.63. The number of halogens is 1. The van der Waals surface area contributed by atoms with Gasteiger partial charge in [0.2, 0.25) is 5.78 Å². The third kappa shape index (κ3) is 2.95. The molecule has 21 heavy (non-hydrogen) atoms. The average Bonchev–Trinajstić information content (AvgIpc) is 2.65. The average molecular weight is 342 g/mol. The molecule has 0 radical (unpaired) electrons. The van der Waals surface area contributed by atoms with E-state index in [1.54, 1.807) is 24.3 Å². The van der Waals surface area contributed by atoms with Crippen LogP contribution in [-0.4, -0.2) is 11.6 Å². The molecule has 0 saturated heterocycles. The molecule has 0 spiro atoms. The molecule has 0 amide bonds. The van der Waals surface area contributed by atoms with E-state index in [-0.39, 0.29) is 11.6 Å². The summed E-state index contributed by atoms with van der Waals surface area (Å²) >= 11 is 3.40. The topological polar surface area (TPSA) is 46.2 Å². The number of benzene rings is 2. The van der Waals surface area contributed by atoms with Crippen molar-refractivity contribution in [3.05, 3.63) is 75.9 Å². The number of fused-ring (bicyclic) bond motifs is 1. The third-order valence-corrected chi connectivity index (χ3v) is 3.79. The molecule has 0 fully saturated rings. The Kier molecular flexibility index (Phi) is 3.71. The van der Waals surface area contributed by atoms with Gasteiger partial charge in [-0.25, -0.2) is 0 Å². The van der Waals surface area contributed by atoms with Crippen LogP contribution in [0.5, 0.6) is 0 Å². The van der Waals surface area contributed by atoms with Crippen molar-refractivity contribution in [2.75, 3.05) is 5.32 Å². The first-order valence-electron chi connectivity index (χ1n) is 6.53. The van der Waals surface area contributed by atoms with Crippen LogP contribution in [0.2, 0.25) is 0 Å². The molecule has 4 heteroatoms. The molecule has 0 bridgehead atoms. The van der Waals surface area contributed by atoms with E-state index in [0.717, 1.165) is 15.7 Å². The van der Waals surface area contributed by atoms with Gasteiger partial charge in [-0.05, 0) is 17.7 Å². The summed E-state index contributed by atoms with van der Waals surface area (Å²) in [4.78, 5) is 24.5. The van der Waals surface area contributed by atoms with Crippen molar-refractivity contribution in [1.29, 1.82) is 0 Å². The van der Waals surface area contributed by atoms with E-state index in [2.05, 4.69) is 21.2 Å². The Labute approximate surface area is 130 Å². The van der Waals surface area contributed by atoms with Gasteiger partial charge in [-0.2, -0.15) is 0 Å². The zero-order valence-electron chi connectivity index (χ0n) is 11.1. The van der Waals surface area contributed by atoms with Crippen molar-refractivity contribution in [2.45, 2.75) is 6.42 Å². The van der Waals surface area contributed by atoms with E-state index in [1.807, 2.05) is 24.3 Å². The summed E-state index contributed by atoms with van der Waals surface area (Å²) in [6.45, 7) is 0. The van der Waals surface area contributed by atoms with Crippen LogP contribution >= 0.6 is 15.9 Å². The molecular formula is C17H12BrNO2. The quantitative estimate of drug-likeness (QED) is 0.846. The van der Waals surface area contributed by atoms with Crippen molar-refractivity contribution in [3.8, 4) is 0 Å². The maximum absolute atomic E-state index is 12.5. The minimum Gasteiger partial charge on any atom is -0.352 e. The van der Waals surface area contributed by atoms with Gasteiger partial charge in [-0.1, -0.05) is 52.3 Å². The van der Waals surface area contributed by atoms with Gasteiger partial charge in [0.1, 0.15) is 0 Å². The fourth-order valence-electron chi connectivity index (χ4n) is 2.27. The lowest BCUT2D eigenvalue weighted by molar-refractivity contribution is -0.114. The summed E-state index contributed by atoms with van der Waals surface area (Å²) in [7, 11) is 0. The highest BCUT2D eigenvalue weighted by atomic mass is 79.9. The fraction of sp³-hybridized carbons (Fsp3) is 0.0588. The number of anilines is 1. The number of allylic oxidation sites excluding steroid dienone is 2. The first-order valence-corrected chi connectivity index (χ1v) is 7.32. The van der Waals surface area contributed by atoms with Gasteiger partial charge in [-0.3, -0.25) is 9.59 Å². The molecule has 0 unspecified atom stereocenters. The second-order valence-corrected chi connectivity index (χ2v) is 5.74. The number of Topliss-reactive ketones (excluding diaryl/α,β-unsaturated/α-hetero) is 1. The number of carbonyl (C=O) groups excluding carboxylic acids is 2. The van der Waals surface area contributed by atoms with Gasteiger partial charge in [0.25, 0.3) is 0 Å². The van der Waals surface area contributed by atoms with E-state index in [1.165, 1.54) is 6.08 Å². The van der Waals surface area contributed by atoms with Crippen LogP contribution in [0.4, 0.5) is 5.69 Å². The summed E-state index contributed by atoms with van der Waals surface area (Å²) in [6, 6.07) is 14.6. The van der Waals surface area contributed by atoms with Gasteiger partial charge in [-0.15, -0.1) is 0 Å². The second-order valence-electron chi connectivity index (χ2n) is 4.82. The Morgan fingerprint density at radius 1 is 1.10 bits per heavy atom. The molecule has 1 N–H and O–H groups in total. The van der Waals surface area contributed by atoms with Crippen LogP contribution in [-0.2, 0) is 11.2 Å². The Morgan fingerprint density at radius 2 is 1.86 bits per heavy atom.